The van der Waals surface area contributed by atoms with Gasteiger partial charge >= 0.3 is 5.97 Å². The SMILES string of the molecule is CCOC(=O)C1CCCN(C(=O)CN2CCCn3nc(C)cc32)C1. The van der Waals surface area contributed by atoms with Crippen LogP contribution in [0.25, 0.3) is 0 Å². The number of fused-ring (bicyclic) bond motifs is 1. The zero-order valence-corrected chi connectivity index (χ0v) is 14.5. The first-order chi connectivity index (χ1) is 11.6. The van der Waals surface area contributed by atoms with Gasteiger partial charge in [-0.15, -0.1) is 0 Å². The molecule has 1 fully saturated rings. The predicted octanol–water partition coefficient (Wildman–Crippen LogP) is 1.20. The Morgan fingerprint density at radius 2 is 2.12 bits per heavy atom. The van der Waals surface area contributed by atoms with Crippen LogP contribution in [0.1, 0.15) is 31.9 Å². The van der Waals surface area contributed by atoms with Gasteiger partial charge in [0, 0.05) is 32.2 Å². The minimum atomic E-state index is -0.184. The highest BCUT2D eigenvalue weighted by atomic mass is 16.5. The highest BCUT2D eigenvalue weighted by molar-refractivity contribution is 5.82. The average molecular weight is 334 g/mol. The molecular formula is C17H26N4O3. The minimum Gasteiger partial charge on any atom is -0.466 e. The molecular weight excluding hydrogens is 308 g/mol. The number of nitrogens with zero attached hydrogens (tertiary/aromatic N) is 4. The number of hydrogen-bond acceptors (Lipinski definition) is 5. The Balaban J connectivity index is 1.62. The summed E-state index contributed by atoms with van der Waals surface area (Å²) in [6.45, 7) is 7.49. The van der Waals surface area contributed by atoms with Crippen LogP contribution in [0.3, 0.4) is 0 Å². The number of ether oxygens (including phenoxy) is 1. The number of carbonyl (C=O) groups is 2. The molecule has 1 amide bonds. The second kappa shape index (κ2) is 7.23. The van der Waals surface area contributed by atoms with E-state index in [-0.39, 0.29) is 17.8 Å². The van der Waals surface area contributed by atoms with Crippen LogP contribution in [0.2, 0.25) is 0 Å². The topological polar surface area (TPSA) is 67.7 Å². The van der Waals surface area contributed by atoms with Gasteiger partial charge in [0.15, 0.2) is 0 Å². The smallest absolute Gasteiger partial charge is 0.310 e. The lowest BCUT2D eigenvalue weighted by atomic mass is 9.98. The summed E-state index contributed by atoms with van der Waals surface area (Å²) in [4.78, 5) is 28.6. The average Bonchev–Trinajstić information content (AvgIpc) is 2.96. The third kappa shape index (κ3) is 3.55. The van der Waals surface area contributed by atoms with E-state index >= 15 is 0 Å². The molecule has 1 atom stereocenters. The molecule has 1 aromatic rings. The second-order valence-electron chi connectivity index (χ2n) is 6.57. The summed E-state index contributed by atoms with van der Waals surface area (Å²) in [5.74, 6) is 0.737. The minimum absolute atomic E-state index is 0.0799. The van der Waals surface area contributed by atoms with Gasteiger partial charge < -0.3 is 14.5 Å². The summed E-state index contributed by atoms with van der Waals surface area (Å²) >= 11 is 0. The first-order valence-corrected chi connectivity index (χ1v) is 8.82. The Hall–Kier alpha value is -2.05. The van der Waals surface area contributed by atoms with Crippen LogP contribution in [0.4, 0.5) is 5.82 Å². The van der Waals surface area contributed by atoms with Gasteiger partial charge in [0.25, 0.3) is 0 Å². The molecule has 1 saturated heterocycles. The molecule has 7 heteroatoms. The second-order valence-corrected chi connectivity index (χ2v) is 6.57. The normalized spacial score (nSPS) is 20.7. The largest absolute Gasteiger partial charge is 0.466 e. The fourth-order valence-electron chi connectivity index (χ4n) is 3.56. The van der Waals surface area contributed by atoms with Gasteiger partial charge in [0.2, 0.25) is 5.91 Å². The number of rotatable bonds is 4. The van der Waals surface area contributed by atoms with E-state index < -0.39 is 0 Å². The highest BCUT2D eigenvalue weighted by Crippen LogP contribution is 2.23. The van der Waals surface area contributed by atoms with E-state index in [1.165, 1.54) is 0 Å². The van der Waals surface area contributed by atoms with E-state index in [1.54, 1.807) is 0 Å². The maximum Gasteiger partial charge on any atom is 0.310 e. The number of carbonyl (C=O) groups excluding carboxylic acids is 2. The molecule has 0 saturated carbocycles. The predicted molar refractivity (Wildman–Crippen MR) is 89.7 cm³/mol. The lowest BCUT2D eigenvalue weighted by Gasteiger charge is -2.35. The van der Waals surface area contributed by atoms with Crippen molar-refractivity contribution in [1.29, 1.82) is 0 Å². The molecule has 0 bridgehead atoms. The Bertz CT molecular complexity index is 613. The molecule has 1 unspecified atom stereocenters. The first kappa shape index (κ1) is 16.8. The van der Waals surface area contributed by atoms with Crippen LogP contribution in [0, 0.1) is 12.8 Å². The van der Waals surface area contributed by atoms with Crippen molar-refractivity contribution < 1.29 is 14.3 Å². The molecule has 2 aliphatic rings. The molecule has 132 valence electrons. The van der Waals surface area contributed by atoms with Crippen molar-refractivity contribution >= 4 is 17.7 Å². The molecule has 2 aliphatic heterocycles. The van der Waals surface area contributed by atoms with Crippen molar-refractivity contribution in [1.82, 2.24) is 14.7 Å². The van der Waals surface area contributed by atoms with E-state index in [2.05, 4.69) is 10.00 Å². The lowest BCUT2D eigenvalue weighted by Crippen LogP contribution is -2.48. The van der Waals surface area contributed by atoms with E-state index in [0.717, 1.165) is 50.4 Å². The van der Waals surface area contributed by atoms with Crippen LogP contribution in [-0.2, 0) is 20.9 Å². The Morgan fingerprint density at radius 1 is 1.29 bits per heavy atom. The van der Waals surface area contributed by atoms with Crippen molar-refractivity contribution in [3.8, 4) is 0 Å². The number of hydrogen-bond donors (Lipinski definition) is 0. The van der Waals surface area contributed by atoms with Crippen molar-refractivity contribution in [2.24, 2.45) is 5.92 Å². The van der Waals surface area contributed by atoms with Gasteiger partial charge in [0.05, 0.1) is 24.8 Å². The van der Waals surface area contributed by atoms with E-state index in [1.807, 2.05) is 29.5 Å². The van der Waals surface area contributed by atoms with Crippen molar-refractivity contribution in [3.05, 3.63) is 11.8 Å². The first-order valence-electron chi connectivity index (χ1n) is 8.82. The van der Waals surface area contributed by atoms with Crippen LogP contribution >= 0.6 is 0 Å². The fourth-order valence-corrected chi connectivity index (χ4v) is 3.56. The maximum atomic E-state index is 12.7. The Morgan fingerprint density at radius 3 is 2.92 bits per heavy atom. The molecule has 7 nitrogen and oxygen atoms in total. The number of esters is 1. The molecule has 3 heterocycles. The third-order valence-electron chi connectivity index (χ3n) is 4.72. The number of amides is 1. The molecule has 0 radical (unpaired) electrons. The fraction of sp³-hybridized carbons (Fsp3) is 0.706. The molecule has 3 rings (SSSR count). The summed E-state index contributed by atoms with van der Waals surface area (Å²) < 4.78 is 7.09. The standard InChI is InChI=1S/C17H26N4O3/c1-3-24-17(23)14-6-4-7-20(11-14)16(22)12-19-8-5-9-21-15(19)10-13(2)18-21/h10,14H,3-9,11-12H2,1-2H3. The number of likely N-dealkylation sites (tertiary alicyclic amines) is 1. The number of piperidine rings is 1. The Kier molecular flexibility index (Phi) is 5.06. The van der Waals surface area contributed by atoms with Gasteiger partial charge in [0.1, 0.15) is 5.82 Å². The molecule has 24 heavy (non-hydrogen) atoms. The van der Waals surface area contributed by atoms with Gasteiger partial charge in [-0.05, 0) is 33.1 Å². The van der Waals surface area contributed by atoms with Crippen molar-refractivity contribution in [2.45, 2.75) is 39.7 Å². The third-order valence-corrected chi connectivity index (χ3v) is 4.72. The zero-order valence-electron chi connectivity index (χ0n) is 14.5. The quantitative estimate of drug-likeness (QED) is 0.774. The Labute approximate surface area is 142 Å². The summed E-state index contributed by atoms with van der Waals surface area (Å²) in [5.41, 5.74) is 0.977. The summed E-state index contributed by atoms with van der Waals surface area (Å²) in [5, 5.41) is 4.47. The van der Waals surface area contributed by atoms with Gasteiger partial charge in [-0.3, -0.25) is 9.59 Å². The zero-order chi connectivity index (χ0) is 17.1. The number of aromatic nitrogens is 2. The van der Waals surface area contributed by atoms with Gasteiger partial charge in [-0.25, -0.2) is 4.68 Å². The lowest BCUT2D eigenvalue weighted by molar-refractivity contribution is -0.151. The van der Waals surface area contributed by atoms with Crippen LogP contribution in [0.5, 0.6) is 0 Å². The highest BCUT2D eigenvalue weighted by Gasteiger charge is 2.30. The van der Waals surface area contributed by atoms with Crippen molar-refractivity contribution in [2.75, 3.05) is 37.7 Å². The summed E-state index contributed by atoms with van der Waals surface area (Å²) in [6.07, 6.45) is 2.65. The molecule has 0 aliphatic carbocycles. The molecule has 1 aromatic heterocycles. The summed E-state index contributed by atoms with van der Waals surface area (Å²) in [7, 11) is 0. The number of anilines is 1. The molecule has 0 aromatic carbocycles. The summed E-state index contributed by atoms with van der Waals surface area (Å²) in [6, 6.07) is 2.03. The van der Waals surface area contributed by atoms with Gasteiger partial charge in [-0.1, -0.05) is 0 Å². The monoisotopic (exact) mass is 334 g/mol. The maximum absolute atomic E-state index is 12.7. The van der Waals surface area contributed by atoms with E-state index in [4.69, 9.17) is 4.74 Å². The van der Waals surface area contributed by atoms with E-state index in [0.29, 0.717) is 19.7 Å². The number of aryl methyl sites for hydroxylation is 2. The van der Waals surface area contributed by atoms with Crippen molar-refractivity contribution in [3.63, 3.8) is 0 Å². The molecule has 0 N–H and O–H groups in total. The van der Waals surface area contributed by atoms with Gasteiger partial charge in [-0.2, -0.15) is 5.10 Å². The van der Waals surface area contributed by atoms with E-state index in [9.17, 15) is 9.59 Å². The van der Waals surface area contributed by atoms with Crippen LogP contribution < -0.4 is 4.90 Å². The van der Waals surface area contributed by atoms with Crippen LogP contribution in [-0.4, -0.2) is 59.3 Å². The molecule has 0 spiro atoms. The van der Waals surface area contributed by atoms with Crippen LogP contribution in [0.15, 0.2) is 6.07 Å².